The van der Waals surface area contributed by atoms with Crippen molar-refractivity contribution in [2.75, 3.05) is 0 Å². The lowest BCUT2D eigenvalue weighted by molar-refractivity contribution is 0.0697. The van der Waals surface area contributed by atoms with Crippen LogP contribution in [0, 0.1) is 17.1 Å². The van der Waals surface area contributed by atoms with Crippen LogP contribution in [-0.4, -0.2) is 15.6 Å². The summed E-state index contributed by atoms with van der Waals surface area (Å²) in [5.74, 6) is -1.63. The van der Waals surface area contributed by atoms with E-state index in [1.165, 1.54) is 18.3 Å². The molecule has 0 saturated carbocycles. The first-order chi connectivity index (χ1) is 9.02. The molecule has 0 bridgehead atoms. The number of hydrogen-bond donors (Lipinski definition) is 1. The number of benzene rings is 1. The van der Waals surface area contributed by atoms with Crippen molar-refractivity contribution < 1.29 is 14.3 Å². The molecule has 0 saturated heterocycles. The lowest BCUT2D eigenvalue weighted by Gasteiger charge is -2.07. The second-order valence-electron chi connectivity index (χ2n) is 3.88. The maximum absolute atomic E-state index is 13.9. The average molecular weight is 323 g/mol. The van der Waals surface area contributed by atoms with Crippen molar-refractivity contribution >= 4 is 21.9 Å². The summed E-state index contributed by atoms with van der Waals surface area (Å²) >= 11 is 3.22. The van der Waals surface area contributed by atoms with Crippen LogP contribution in [0.5, 0.6) is 0 Å². The van der Waals surface area contributed by atoms with Gasteiger partial charge in [0.15, 0.2) is 0 Å². The Bertz CT molecular complexity index is 688. The van der Waals surface area contributed by atoms with Gasteiger partial charge >= 0.3 is 5.97 Å². The van der Waals surface area contributed by atoms with Crippen LogP contribution in [0.15, 0.2) is 35.1 Å². The van der Waals surface area contributed by atoms with E-state index in [-0.39, 0.29) is 17.7 Å². The normalized spacial score (nSPS) is 10.2. The SMILES string of the molecule is N#Cc1cccc(Cn2cc(C(=O)O)cc2Br)c1F. The molecule has 0 amide bonds. The quantitative estimate of drug-likeness (QED) is 0.944. The summed E-state index contributed by atoms with van der Waals surface area (Å²) < 4.78 is 16.0. The summed E-state index contributed by atoms with van der Waals surface area (Å²) in [4.78, 5) is 10.8. The third-order valence-corrected chi connectivity index (χ3v) is 3.32. The average Bonchev–Trinajstić information content (AvgIpc) is 2.74. The number of carboxylic acid groups (broad SMARTS) is 1. The molecule has 1 heterocycles. The number of carboxylic acids is 1. The molecule has 0 aliphatic heterocycles. The first-order valence-electron chi connectivity index (χ1n) is 5.29. The van der Waals surface area contributed by atoms with E-state index < -0.39 is 11.8 Å². The van der Waals surface area contributed by atoms with Crippen LogP contribution in [0.3, 0.4) is 0 Å². The predicted octanol–water partition coefficient (Wildman–Crippen LogP) is 3.01. The molecule has 1 N–H and O–H groups in total. The van der Waals surface area contributed by atoms with Crippen molar-refractivity contribution in [2.24, 2.45) is 0 Å². The van der Waals surface area contributed by atoms with Gasteiger partial charge in [0.25, 0.3) is 0 Å². The van der Waals surface area contributed by atoms with Crippen LogP contribution >= 0.6 is 15.9 Å². The highest BCUT2D eigenvalue weighted by molar-refractivity contribution is 9.10. The molecule has 2 aromatic rings. The summed E-state index contributed by atoms with van der Waals surface area (Å²) in [6.07, 6.45) is 1.41. The van der Waals surface area contributed by atoms with Crippen molar-refractivity contribution in [1.29, 1.82) is 5.26 Å². The number of rotatable bonds is 3. The van der Waals surface area contributed by atoms with Crippen molar-refractivity contribution in [2.45, 2.75) is 6.54 Å². The minimum atomic E-state index is -1.05. The van der Waals surface area contributed by atoms with Gasteiger partial charge in [-0.1, -0.05) is 12.1 Å². The summed E-state index contributed by atoms with van der Waals surface area (Å²) in [5.41, 5.74) is 0.412. The van der Waals surface area contributed by atoms with E-state index in [9.17, 15) is 9.18 Å². The molecule has 0 spiro atoms. The molecular weight excluding hydrogens is 315 g/mol. The van der Waals surface area contributed by atoms with Gasteiger partial charge in [-0.25, -0.2) is 9.18 Å². The van der Waals surface area contributed by atoms with Gasteiger partial charge in [0, 0.05) is 11.8 Å². The molecule has 2 rings (SSSR count). The maximum Gasteiger partial charge on any atom is 0.337 e. The Morgan fingerprint density at radius 2 is 2.26 bits per heavy atom. The fourth-order valence-electron chi connectivity index (χ4n) is 1.69. The lowest BCUT2D eigenvalue weighted by Crippen LogP contribution is -2.02. The number of hydrogen-bond acceptors (Lipinski definition) is 2. The molecule has 0 radical (unpaired) electrons. The van der Waals surface area contributed by atoms with Crippen LogP contribution in [0.25, 0.3) is 0 Å². The van der Waals surface area contributed by atoms with Crippen LogP contribution in [0.4, 0.5) is 4.39 Å². The first kappa shape index (κ1) is 13.3. The summed E-state index contributed by atoms with van der Waals surface area (Å²) in [6, 6.07) is 7.75. The van der Waals surface area contributed by atoms with Gasteiger partial charge in [0.05, 0.1) is 22.3 Å². The Morgan fingerprint density at radius 3 is 2.84 bits per heavy atom. The van der Waals surface area contributed by atoms with E-state index in [2.05, 4.69) is 15.9 Å². The Morgan fingerprint density at radius 1 is 1.53 bits per heavy atom. The Hall–Kier alpha value is -2.13. The van der Waals surface area contributed by atoms with Gasteiger partial charge in [-0.2, -0.15) is 5.26 Å². The highest BCUT2D eigenvalue weighted by Gasteiger charge is 2.12. The zero-order valence-corrected chi connectivity index (χ0v) is 11.2. The molecule has 19 heavy (non-hydrogen) atoms. The number of nitriles is 1. The van der Waals surface area contributed by atoms with E-state index in [0.717, 1.165) is 0 Å². The highest BCUT2D eigenvalue weighted by atomic mass is 79.9. The molecular formula is C13H8BrFN2O2. The smallest absolute Gasteiger partial charge is 0.337 e. The maximum atomic E-state index is 13.9. The van der Waals surface area contributed by atoms with Crippen LogP contribution in [0.2, 0.25) is 0 Å². The molecule has 4 nitrogen and oxygen atoms in total. The summed E-state index contributed by atoms with van der Waals surface area (Å²) in [5, 5.41) is 17.6. The molecule has 96 valence electrons. The number of nitrogens with zero attached hydrogens (tertiary/aromatic N) is 2. The minimum Gasteiger partial charge on any atom is -0.478 e. The van der Waals surface area contributed by atoms with Crippen molar-refractivity contribution in [3.63, 3.8) is 0 Å². The van der Waals surface area contributed by atoms with Gasteiger partial charge in [-0.3, -0.25) is 0 Å². The van der Waals surface area contributed by atoms with E-state index in [4.69, 9.17) is 10.4 Å². The highest BCUT2D eigenvalue weighted by Crippen LogP contribution is 2.19. The third kappa shape index (κ3) is 2.66. The number of carbonyl (C=O) groups is 1. The first-order valence-corrected chi connectivity index (χ1v) is 6.08. The molecule has 0 aliphatic rings. The Labute approximate surface area is 116 Å². The van der Waals surface area contributed by atoms with E-state index in [0.29, 0.717) is 10.2 Å². The molecule has 0 unspecified atom stereocenters. The Kier molecular flexibility index (Phi) is 3.67. The van der Waals surface area contributed by atoms with Gasteiger partial charge < -0.3 is 9.67 Å². The monoisotopic (exact) mass is 322 g/mol. The molecule has 0 fully saturated rings. The molecule has 1 aromatic heterocycles. The van der Waals surface area contributed by atoms with Gasteiger partial charge in [0.1, 0.15) is 11.9 Å². The fourth-order valence-corrected chi connectivity index (χ4v) is 2.16. The molecule has 1 aromatic carbocycles. The van der Waals surface area contributed by atoms with Crippen molar-refractivity contribution in [1.82, 2.24) is 4.57 Å². The number of aromatic carboxylic acids is 1. The van der Waals surface area contributed by atoms with Gasteiger partial charge in [-0.05, 0) is 28.1 Å². The second kappa shape index (κ2) is 5.24. The zero-order valence-electron chi connectivity index (χ0n) is 9.60. The molecule has 0 aliphatic carbocycles. The zero-order chi connectivity index (χ0) is 14.0. The van der Waals surface area contributed by atoms with E-state index >= 15 is 0 Å². The number of halogens is 2. The van der Waals surface area contributed by atoms with Gasteiger partial charge in [-0.15, -0.1) is 0 Å². The summed E-state index contributed by atoms with van der Waals surface area (Å²) in [7, 11) is 0. The van der Waals surface area contributed by atoms with Crippen LogP contribution in [0.1, 0.15) is 21.5 Å². The molecule has 6 heteroatoms. The van der Waals surface area contributed by atoms with Crippen LogP contribution in [-0.2, 0) is 6.54 Å². The fraction of sp³-hybridized carbons (Fsp3) is 0.0769. The second-order valence-corrected chi connectivity index (χ2v) is 4.69. The van der Waals surface area contributed by atoms with E-state index in [1.54, 1.807) is 22.8 Å². The van der Waals surface area contributed by atoms with Gasteiger partial charge in [0.2, 0.25) is 0 Å². The van der Waals surface area contributed by atoms with Crippen molar-refractivity contribution in [3.05, 3.63) is 57.6 Å². The molecule has 0 atom stereocenters. The van der Waals surface area contributed by atoms with E-state index in [1.807, 2.05) is 0 Å². The topological polar surface area (TPSA) is 66.0 Å². The predicted molar refractivity (Wildman–Crippen MR) is 69.3 cm³/mol. The summed E-state index contributed by atoms with van der Waals surface area (Å²) in [6.45, 7) is 0.148. The largest absolute Gasteiger partial charge is 0.478 e. The third-order valence-electron chi connectivity index (χ3n) is 2.63. The Balaban J connectivity index is 2.37. The number of aromatic nitrogens is 1. The standard InChI is InChI=1S/C13H8BrFN2O2/c14-11-4-10(13(18)19)7-17(11)6-9-3-1-2-8(5-16)12(9)15/h1-4,7H,6H2,(H,18,19). The van der Waals surface area contributed by atoms with Crippen molar-refractivity contribution in [3.8, 4) is 6.07 Å². The van der Waals surface area contributed by atoms with Crippen LogP contribution < -0.4 is 0 Å². The minimum absolute atomic E-state index is 0.0285. The lowest BCUT2D eigenvalue weighted by atomic mass is 10.1.